The van der Waals surface area contributed by atoms with Crippen molar-refractivity contribution in [3.63, 3.8) is 0 Å². The molecule has 0 amide bonds. The molecule has 2 N–H and O–H groups in total. The highest BCUT2D eigenvalue weighted by atomic mass is 19.1. The first-order valence-corrected chi connectivity index (χ1v) is 6.23. The molecule has 0 unspecified atom stereocenters. The van der Waals surface area contributed by atoms with E-state index in [4.69, 9.17) is 10.5 Å². The number of nitrogens with zero attached hydrogens (tertiary/aromatic N) is 3. The summed E-state index contributed by atoms with van der Waals surface area (Å²) < 4.78 is 20.6. The number of halogens is 1. The third-order valence-corrected chi connectivity index (χ3v) is 2.73. The Hall–Kier alpha value is -1.95. The SMILES string of the molecule is CCOc1ccc(Cn2nncc2CCN)cc1F. The lowest BCUT2D eigenvalue weighted by molar-refractivity contribution is 0.321. The Morgan fingerprint density at radius 1 is 1.42 bits per heavy atom. The van der Waals surface area contributed by atoms with Gasteiger partial charge in [0.15, 0.2) is 11.6 Å². The molecule has 6 heteroatoms. The molecule has 0 bridgehead atoms. The molecule has 2 aromatic rings. The summed E-state index contributed by atoms with van der Waals surface area (Å²) in [4.78, 5) is 0. The van der Waals surface area contributed by atoms with Crippen LogP contribution in [0.25, 0.3) is 0 Å². The lowest BCUT2D eigenvalue weighted by Crippen LogP contribution is -2.11. The van der Waals surface area contributed by atoms with E-state index < -0.39 is 0 Å². The maximum atomic E-state index is 13.7. The predicted octanol–water partition coefficient (Wildman–Crippen LogP) is 1.37. The van der Waals surface area contributed by atoms with Crippen LogP contribution in [0.2, 0.25) is 0 Å². The van der Waals surface area contributed by atoms with Crippen LogP contribution in [0.15, 0.2) is 24.4 Å². The van der Waals surface area contributed by atoms with E-state index in [2.05, 4.69) is 10.3 Å². The van der Waals surface area contributed by atoms with Gasteiger partial charge in [-0.05, 0) is 31.2 Å². The molecule has 1 heterocycles. The zero-order valence-electron chi connectivity index (χ0n) is 10.8. The summed E-state index contributed by atoms with van der Waals surface area (Å²) in [6.07, 6.45) is 2.38. The Labute approximate surface area is 111 Å². The standard InChI is InChI=1S/C13H17FN4O/c1-2-19-13-4-3-10(7-12(13)14)9-18-11(5-6-15)8-16-17-18/h3-4,7-8H,2,5-6,9,15H2,1H3. The van der Waals surface area contributed by atoms with Crippen molar-refractivity contribution in [2.24, 2.45) is 5.73 Å². The maximum absolute atomic E-state index is 13.7. The zero-order chi connectivity index (χ0) is 13.7. The first-order valence-electron chi connectivity index (χ1n) is 6.23. The maximum Gasteiger partial charge on any atom is 0.165 e. The summed E-state index contributed by atoms with van der Waals surface area (Å²) >= 11 is 0. The van der Waals surface area contributed by atoms with Gasteiger partial charge in [-0.15, -0.1) is 5.10 Å². The smallest absolute Gasteiger partial charge is 0.165 e. The molecule has 0 aliphatic rings. The molecule has 0 radical (unpaired) electrons. The van der Waals surface area contributed by atoms with Crippen molar-refractivity contribution in [1.82, 2.24) is 15.0 Å². The van der Waals surface area contributed by atoms with E-state index in [0.717, 1.165) is 11.3 Å². The van der Waals surface area contributed by atoms with Gasteiger partial charge >= 0.3 is 0 Å². The number of rotatable bonds is 6. The van der Waals surface area contributed by atoms with Gasteiger partial charge in [-0.1, -0.05) is 11.3 Å². The van der Waals surface area contributed by atoms with Crippen molar-refractivity contribution in [3.05, 3.63) is 41.5 Å². The molecule has 0 atom stereocenters. The van der Waals surface area contributed by atoms with E-state index in [1.165, 1.54) is 6.07 Å². The molecule has 1 aromatic heterocycles. The van der Waals surface area contributed by atoms with Crippen LogP contribution in [0.3, 0.4) is 0 Å². The van der Waals surface area contributed by atoms with Crippen LogP contribution in [-0.2, 0) is 13.0 Å². The lowest BCUT2D eigenvalue weighted by atomic mass is 10.2. The number of ether oxygens (including phenoxy) is 1. The molecule has 5 nitrogen and oxygen atoms in total. The van der Waals surface area contributed by atoms with Crippen LogP contribution < -0.4 is 10.5 Å². The molecule has 0 fully saturated rings. The summed E-state index contributed by atoms with van der Waals surface area (Å²) in [5.41, 5.74) is 7.27. The van der Waals surface area contributed by atoms with E-state index >= 15 is 0 Å². The number of nitrogens with two attached hydrogens (primary N) is 1. The van der Waals surface area contributed by atoms with Crippen molar-refractivity contribution in [2.75, 3.05) is 13.2 Å². The normalized spacial score (nSPS) is 10.7. The topological polar surface area (TPSA) is 66.0 Å². The number of aromatic nitrogens is 3. The Morgan fingerprint density at radius 2 is 2.26 bits per heavy atom. The van der Waals surface area contributed by atoms with Crippen molar-refractivity contribution in [2.45, 2.75) is 19.9 Å². The van der Waals surface area contributed by atoms with E-state index in [9.17, 15) is 4.39 Å². The Kier molecular flexibility index (Phi) is 4.46. The Bertz CT molecular complexity index is 541. The second-order valence-electron chi connectivity index (χ2n) is 4.12. The zero-order valence-corrected chi connectivity index (χ0v) is 10.8. The van der Waals surface area contributed by atoms with Crippen LogP contribution in [-0.4, -0.2) is 28.1 Å². The first-order chi connectivity index (χ1) is 9.24. The fraction of sp³-hybridized carbons (Fsp3) is 0.385. The van der Waals surface area contributed by atoms with E-state index in [-0.39, 0.29) is 11.6 Å². The third kappa shape index (κ3) is 3.29. The highest BCUT2D eigenvalue weighted by molar-refractivity contribution is 5.29. The molecule has 2 rings (SSSR count). The van der Waals surface area contributed by atoms with Crippen LogP contribution in [0.5, 0.6) is 5.75 Å². The molecule has 1 aromatic carbocycles. The van der Waals surface area contributed by atoms with Gasteiger partial charge in [-0.2, -0.15) is 0 Å². The monoisotopic (exact) mass is 264 g/mol. The molecule has 0 spiro atoms. The third-order valence-electron chi connectivity index (χ3n) is 2.73. The number of benzene rings is 1. The molecule has 0 saturated carbocycles. The van der Waals surface area contributed by atoms with Crippen molar-refractivity contribution >= 4 is 0 Å². The first kappa shape index (κ1) is 13.5. The van der Waals surface area contributed by atoms with E-state index in [1.54, 1.807) is 16.9 Å². The lowest BCUT2D eigenvalue weighted by Gasteiger charge is -2.08. The summed E-state index contributed by atoms with van der Waals surface area (Å²) in [5, 5.41) is 7.82. The van der Waals surface area contributed by atoms with E-state index in [1.807, 2.05) is 13.0 Å². The van der Waals surface area contributed by atoms with Crippen LogP contribution >= 0.6 is 0 Å². The van der Waals surface area contributed by atoms with Gasteiger partial charge in [0.05, 0.1) is 25.0 Å². The van der Waals surface area contributed by atoms with Crippen molar-refractivity contribution in [3.8, 4) is 5.75 Å². The van der Waals surface area contributed by atoms with Gasteiger partial charge in [0, 0.05) is 6.42 Å². The number of hydrogen-bond donors (Lipinski definition) is 1. The molecule has 0 aliphatic carbocycles. The Morgan fingerprint density at radius 3 is 2.95 bits per heavy atom. The van der Waals surface area contributed by atoms with Gasteiger partial charge in [0.2, 0.25) is 0 Å². The molecule has 102 valence electrons. The minimum Gasteiger partial charge on any atom is -0.491 e. The predicted molar refractivity (Wildman–Crippen MR) is 69.5 cm³/mol. The van der Waals surface area contributed by atoms with E-state index in [0.29, 0.717) is 26.1 Å². The molecule has 0 aliphatic heterocycles. The van der Waals surface area contributed by atoms with Crippen LogP contribution in [0.1, 0.15) is 18.2 Å². The molecule has 0 saturated heterocycles. The molecular weight excluding hydrogens is 247 g/mol. The van der Waals surface area contributed by atoms with Gasteiger partial charge < -0.3 is 10.5 Å². The van der Waals surface area contributed by atoms with Crippen LogP contribution in [0.4, 0.5) is 4.39 Å². The molecule has 19 heavy (non-hydrogen) atoms. The number of hydrogen-bond acceptors (Lipinski definition) is 4. The highest BCUT2D eigenvalue weighted by Crippen LogP contribution is 2.19. The summed E-state index contributed by atoms with van der Waals surface area (Å²) in [7, 11) is 0. The summed E-state index contributed by atoms with van der Waals surface area (Å²) in [5.74, 6) is -0.0909. The summed E-state index contributed by atoms with van der Waals surface area (Å²) in [6, 6.07) is 4.91. The van der Waals surface area contributed by atoms with Gasteiger partial charge in [0.1, 0.15) is 0 Å². The minimum atomic E-state index is -0.361. The molecular formula is C13H17FN4O. The quantitative estimate of drug-likeness (QED) is 0.855. The largest absolute Gasteiger partial charge is 0.491 e. The second-order valence-corrected chi connectivity index (χ2v) is 4.12. The average Bonchev–Trinajstić information content (AvgIpc) is 2.81. The Balaban J connectivity index is 2.14. The van der Waals surface area contributed by atoms with Gasteiger partial charge in [0.25, 0.3) is 0 Å². The minimum absolute atomic E-state index is 0.270. The van der Waals surface area contributed by atoms with Crippen LogP contribution in [0, 0.1) is 5.82 Å². The highest BCUT2D eigenvalue weighted by Gasteiger charge is 2.07. The van der Waals surface area contributed by atoms with Gasteiger partial charge in [-0.25, -0.2) is 9.07 Å². The second kappa shape index (κ2) is 6.29. The fourth-order valence-corrected chi connectivity index (χ4v) is 1.84. The fourth-order valence-electron chi connectivity index (χ4n) is 1.84. The van der Waals surface area contributed by atoms with Gasteiger partial charge in [-0.3, -0.25) is 0 Å². The van der Waals surface area contributed by atoms with Crippen molar-refractivity contribution < 1.29 is 9.13 Å². The average molecular weight is 264 g/mol. The van der Waals surface area contributed by atoms with Crippen molar-refractivity contribution in [1.29, 1.82) is 0 Å². The summed E-state index contributed by atoms with van der Waals surface area (Å²) in [6.45, 7) is 3.27.